The zero-order valence-electron chi connectivity index (χ0n) is 57.6. The largest absolute Gasteiger partial charge is 0.477 e. The molecular formula is C71H130N2O21. The fraction of sp³-hybridized carbons (Fsp3) is 0.901. The monoisotopic (exact) mass is 1350 g/mol. The molecule has 0 radical (unpaired) electrons. The van der Waals surface area contributed by atoms with Gasteiger partial charge < -0.3 is 100 Å². The van der Waals surface area contributed by atoms with E-state index < -0.39 is 155 Å². The van der Waals surface area contributed by atoms with Crippen LogP contribution in [0.2, 0.25) is 0 Å². The van der Waals surface area contributed by atoms with Crippen LogP contribution in [0.1, 0.15) is 271 Å². The third kappa shape index (κ3) is 32.9. The summed E-state index contributed by atoms with van der Waals surface area (Å²) in [7, 11) is 0. The number of aliphatic hydroxyl groups is 11. The minimum absolute atomic E-state index is 0.201. The first kappa shape index (κ1) is 85.4. The van der Waals surface area contributed by atoms with E-state index in [1.807, 2.05) is 6.08 Å². The maximum atomic E-state index is 13.5. The zero-order valence-corrected chi connectivity index (χ0v) is 57.6. The van der Waals surface area contributed by atoms with E-state index in [9.17, 15) is 75.7 Å². The van der Waals surface area contributed by atoms with E-state index in [4.69, 9.17) is 28.4 Å². The van der Waals surface area contributed by atoms with Gasteiger partial charge in [0.05, 0.1) is 50.7 Å². The Labute approximate surface area is 562 Å². The SMILES string of the molecule is CCCCCCCCCCCC/C=C/C(O)C(COC1OC(CO)C(OC2OC(CO)C(O)C(OC3(C(=O)O)CC(O)C(NC(C)=O)C(C(O)C(O)CO)O3)C2O)C(O)C1O)NC(=O)CCCCCCCCCCCCCC/C=C\CCCCCCCCCCCCCC. The lowest BCUT2D eigenvalue weighted by molar-refractivity contribution is -0.386. The minimum Gasteiger partial charge on any atom is -0.477 e. The lowest BCUT2D eigenvalue weighted by atomic mass is 9.88. The number of rotatable bonds is 56. The Morgan fingerprint density at radius 2 is 1.00 bits per heavy atom. The number of carbonyl (C=O) groups is 3. The molecule has 3 heterocycles. The van der Waals surface area contributed by atoms with E-state index in [0.29, 0.717) is 12.8 Å². The third-order valence-corrected chi connectivity index (χ3v) is 18.6. The lowest BCUT2D eigenvalue weighted by Gasteiger charge is -2.50. The van der Waals surface area contributed by atoms with Crippen molar-refractivity contribution >= 4 is 17.8 Å². The molecule has 0 aromatic heterocycles. The van der Waals surface area contributed by atoms with Crippen LogP contribution in [0.25, 0.3) is 0 Å². The molecule has 3 aliphatic rings. The Morgan fingerprint density at radius 1 is 0.553 bits per heavy atom. The summed E-state index contributed by atoms with van der Waals surface area (Å²) in [5.74, 6) is -6.14. The summed E-state index contributed by atoms with van der Waals surface area (Å²) in [4.78, 5) is 38.5. The quantitative estimate of drug-likeness (QED) is 0.0205. The van der Waals surface area contributed by atoms with E-state index in [2.05, 4.69) is 36.6 Å². The molecule has 18 unspecified atom stereocenters. The molecule has 3 saturated heterocycles. The number of unbranched alkanes of at least 4 members (excludes halogenated alkanes) is 34. The number of nitrogens with one attached hydrogen (secondary N) is 2. The summed E-state index contributed by atoms with van der Waals surface area (Å²) in [6, 6.07) is -2.62. The first-order valence-corrected chi connectivity index (χ1v) is 36.7. The van der Waals surface area contributed by atoms with Gasteiger partial charge in [-0.3, -0.25) is 9.59 Å². The van der Waals surface area contributed by atoms with Gasteiger partial charge in [0.15, 0.2) is 12.6 Å². The number of ether oxygens (including phenoxy) is 6. The number of carbonyl (C=O) groups excluding carboxylic acids is 2. The molecule has 3 aliphatic heterocycles. The van der Waals surface area contributed by atoms with E-state index in [1.54, 1.807) is 6.08 Å². The summed E-state index contributed by atoms with van der Waals surface area (Å²) >= 11 is 0. The van der Waals surface area contributed by atoms with Crippen LogP contribution in [0.4, 0.5) is 0 Å². The Balaban J connectivity index is 1.51. The van der Waals surface area contributed by atoms with Gasteiger partial charge in [-0.1, -0.05) is 231 Å². The van der Waals surface area contributed by atoms with Crippen molar-refractivity contribution in [2.24, 2.45) is 0 Å². The van der Waals surface area contributed by atoms with Gasteiger partial charge in [0.1, 0.15) is 67.1 Å². The molecule has 0 aromatic carbocycles. The van der Waals surface area contributed by atoms with Gasteiger partial charge in [-0.05, 0) is 44.9 Å². The summed E-state index contributed by atoms with van der Waals surface area (Å²) < 4.78 is 34.8. The molecule has 3 rings (SSSR count). The number of allylic oxidation sites excluding steroid dienone is 3. The maximum Gasteiger partial charge on any atom is 0.364 e. The molecule has 18 atom stereocenters. The Bertz CT molecular complexity index is 1990. The van der Waals surface area contributed by atoms with E-state index in [1.165, 1.54) is 180 Å². The minimum atomic E-state index is -3.08. The fourth-order valence-electron chi connectivity index (χ4n) is 12.8. The van der Waals surface area contributed by atoms with Crippen molar-refractivity contribution in [3.05, 3.63) is 24.3 Å². The highest BCUT2D eigenvalue weighted by Crippen LogP contribution is 2.39. The van der Waals surface area contributed by atoms with Crippen molar-refractivity contribution in [2.45, 2.75) is 381 Å². The Hall–Kier alpha value is -2.79. The van der Waals surface area contributed by atoms with Crippen LogP contribution in [0.3, 0.4) is 0 Å². The summed E-state index contributed by atoms with van der Waals surface area (Å²) in [6.45, 7) is 2.13. The van der Waals surface area contributed by atoms with Crippen molar-refractivity contribution < 1.29 is 104 Å². The van der Waals surface area contributed by atoms with Crippen LogP contribution >= 0.6 is 0 Å². The number of hydrogen-bond donors (Lipinski definition) is 14. The number of carboxylic acids is 1. The number of carboxylic acid groups (broad SMARTS) is 1. The second-order valence-electron chi connectivity index (χ2n) is 26.8. The summed E-state index contributed by atoms with van der Waals surface area (Å²) in [5.41, 5.74) is 0. The molecule has 2 amide bonds. The van der Waals surface area contributed by atoms with Gasteiger partial charge in [0, 0.05) is 19.8 Å². The first-order valence-electron chi connectivity index (χ1n) is 36.7. The van der Waals surface area contributed by atoms with Crippen molar-refractivity contribution in [2.75, 3.05) is 26.4 Å². The zero-order chi connectivity index (χ0) is 68.9. The van der Waals surface area contributed by atoms with E-state index >= 15 is 0 Å². The summed E-state index contributed by atoms with van der Waals surface area (Å²) in [6.07, 6.45) is 23.9. The molecule has 3 fully saturated rings. The highest BCUT2D eigenvalue weighted by Gasteiger charge is 2.60. The molecule has 0 aromatic rings. The molecular weight excluding hydrogens is 1220 g/mol. The number of amides is 2. The van der Waals surface area contributed by atoms with E-state index in [-0.39, 0.29) is 12.3 Å². The topological polar surface area (TPSA) is 373 Å². The highest BCUT2D eigenvalue weighted by atomic mass is 16.8. The van der Waals surface area contributed by atoms with Gasteiger partial charge in [0.25, 0.3) is 5.79 Å². The predicted molar refractivity (Wildman–Crippen MR) is 357 cm³/mol. The third-order valence-electron chi connectivity index (χ3n) is 18.6. The van der Waals surface area contributed by atoms with Crippen molar-refractivity contribution in [3.8, 4) is 0 Å². The van der Waals surface area contributed by atoms with Crippen LogP contribution in [0.15, 0.2) is 24.3 Å². The normalized spacial score (nSPS) is 28.0. The fourth-order valence-corrected chi connectivity index (χ4v) is 12.8. The average molecular weight is 1350 g/mol. The molecule has 0 spiro atoms. The number of aliphatic carboxylic acids is 1. The molecule has 14 N–H and O–H groups in total. The molecule has 0 aliphatic carbocycles. The van der Waals surface area contributed by atoms with Gasteiger partial charge in [-0.25, -0.2) is 4.79 Å². The molecule has 23 heteroatoms. The van der Waals surface area contributed by atoms with Crippen molar-refractivity contribution in [1.29, 1.82) is 0 Å². The van der Waals surface area contributed by atoms with Gasteiger partial charge in [-0.15, -0.1) is 0 Å². The van der Waals surface area contributed by atoms with E-state index in [0.717, 1.165) is 51.9 Å². The van der Waals surface area contributed by atoms with Gasteiger partial charge >= 0.3 is 5.97 Å². The van der Waals surface area contributed by atoms with Crippen molar-refractivity contribution in [1.82, 2.24) is 10.6 Å². The maximum absolute atomic E-state index is 13.5. The molecule has 0 saturated carbocycles. The summed E-state index contributed by atoms with van der Waals surface area (Å²) in [5, 5.41) is 136. The van der Waals surface area contributed by atoms with Crippen molar-refractivity contribution in [3.63, 3.8) is 0 Å². The van der Waals surface area contributed by atoms with Crippen LogP contribution in [-0.2, 0) is 42.8 Å². The second-order valence-corrected chi connectivity index (χ2v) is 26.8. The standard InChI is InChI=1S/C71H130N2O21/c1-4-6-8-10-12-14-16-18-19-20-21-22-23-24-25-26-27-28-29-30-31-32-33-35-37-39-41-43-45-58(81)73-52(53(78)44-42-40-38-36-34-17-15-13-11-9-7-5-2)50-89-68-63(85)62(84)65(57(49-76)91-68)92-69-64(86)67(61(83)56(48-75)90-69)94-71(70(87)88)46-54(79)59(72-51(3)77)66(93-71)60(82)55(80)47-74/h24-25,42,44,52-57,59-69,74-76,78-80,82-86H,4-23,26-41,43,45-50H2,1-3H3,(H,72,77)(H,73,81)(H,87,88)/b25-24-,44-42+. The van der Waals surface area contributed by atoms with Crippen LogP contribution in [-0.4, -0.2) is 215 Å². The highest BCUT2D eigenvalue weighted by molar-refractivity contribution is 5.77. The molecule has 0 bridgehead atoms. The molecule has 23 nitrogen and oxygen atoms in total. The Morgan fingerprint density at radius 3 is 1.45 bits per heavy atom. The first-order chi connectivity index (χ1) is 45.4. The Kier molecular flexibility index (Phi) is 46.7. The predicted octanol–water partition coefficient (Wildman–Crippen LogP) is 7.62. The average Bonchev–Trinajstić information content (AvgIpc) is 0.758. The van der Waals surface area contributed by atoms with Gasteiger partial charge in [-0.2, -0.15) is 0 Å². The second kappa shape index (κ2) is 51.4. The lowest BCUT2D eigenvalue weighted by Crippen LogP contribution is -2.70. The number of aliphatic hydroxyl groups excluding tert-OH is 11. The van der Waals surface area contributed by atoms with Crippen LogP contribution in [0.5, 0.6) is 0 Å². The smallest absolute Gasteiger partial charge is 0.364 e. The van der Waals surface area contributed by atoms with Gasteiger partial charge in [0.2, 0.25) is 11.8 Å². The molecule has 94 heavy (non-hydrogen) atoms. The van der Waals surface area contributed by atoms with Crippen LogP contribution in [0, 0.1) is 0 Å². The molecule has 550 valence electrons. The van der Waals surface area contributed by atoms with Crippen LogP contribution < -0.4 is 10.6 Å². The number of hydrogen-bond acceptors (Lipinski definition) is 20.